The van der Waals surface area contributed by atoms with Crippen molar-refractivity contribution in [2.45, 2.75) is 40.0 Å². The minimum absolute atomic E-state index is 0.233. The van der Waals surface area contributed by atoms with Crippen LogP contribution in [0.15, 0.2) is 47.5 Å². The molecule has 28 heavy (non-hydrogen) atoms. The Bertz CT molecular complexity index is 758. The van der Waals surface area contributed by atoms with Gasteiger partial charge in [-0.25, -0.2) is 0 Å². The molecular formula is C22H31N3O3. The van der Waals surface area contributed by atoms with Gasteiger partial charge in [0.15, 0.2) is 17.5 Å². The molecule has 6 nitrogen and oxygen atoms in total. The summed E-state index contributed by atoms with van der Waals surface area (Å²) in [6.45, 7) is 7.90. The number of hydrogen-bond acceptors (Lipinski definition) is 4. The number of anilines is 1. The SMILES string of the molecule is CCOc1cc(NC(=NC)NCc2ccc(COC(C)C)cc2)ccc1OC. The maximum absolute atomic E-state index is 5.63. The van der Waals surface area contributed by atoms with Crippen LogP contribution in [-0.2, 0) is 17.9 Å². The van der Waals surface area contributed by atoms with Gasteiger partial charge < -0.3 is 24.8 Å². The molecule has 2 rings (SSSR count). The van der Waals surface area contributed by atoms with Crippen LogP contribution in [0.2, 0.25) is 0 Å². The van der Waals surface area contributed by atoms with Crippen molar-refractivity contribution in [3.63, 3.8) is 0 Å². The molecule has 6 heteroatoms. The van der Waals surface area contributed by atoms with Crippen LogP contribution in [0.4, 0.5) is 5.69 Å². The Balaban J connectivity index is 1.93. The molecule has 0 atom stereocenters. The van der Waals surface area contributed by atoms with Crippen LogP contribution in [0, 0.1) is 0 Å². The first-order valence-electron chi connectivity index (χ1n) is 9.53. The third kappa shape index (κ3) is 6.78. The highest BCUT2D eigenvalue weighted by Crippen LogP contribution is 2.30. The van der Waals surface area contributed by atoms with Crippen molar-refractivity contribution in [3.8, 4) is 11.5 Å². The highest BCUT2D eigenvalue weighted by Gasteiger charge is 2.07. The fourth-order valence-corrected chi connectivity index (χ4v) is 2.54. The Morgan fingerprint density at radius 1 is 1.04 bits per heavy atom. The Morgan fingerprint density at radius 3 is 2.36 bits per heavy atom. The molecule has 152 valence electrons. The van der Waals surface area contributed by atoms with E-state index in [0.29, 0.717) is 37.2 Å². The zero-order valence-electron chi connectivity index (χ0n) is 17.4. The predicted molar refractivity (Wildman–Crippen MR) is 114 cm³/mol. The lowest BCUT2D eigenvalue weighted by atomic mass is 10.1. The molecule has 0 aromatic heterocycles. The zero-order valence-corrected chi connectivity index (χ0v) is 17.4. The van der Waals surface area contributed by atoms with Crippen molar-refractivity contribution in [2.24, 2.45) is 4.99 Å². The number of rotatable bonds is 9. The van der Waals surface area contributed by atoms with E-state index in [-0.39, 0.29) is 6.10 Å². The standard InChI is InChI=1S/C22H31N3O3/c1-6-27-21-13-19(11-12-20(21)26-5)25-22(23-4)24-14-17-7-9-18(10-8-17)15-28-16(2)3/h7-13,16H,6,14-15H2,1-5H3,(H2,23,24,25). The minimum Gasteiger partial charge on any atom is -0.493 e. The van der Waals surface area contributed by atoms with Gasteiger partial charge in [0.2, 0.25) is 0 Å². The van der Waals surface area contributed by atoms with Gasteiger partial charge in [0, 0.05) is 25.3 Å². The van der Waals surface area contributed by atoms with E-state index in [4.69, 9.17) is 14.2 Å². The number of benzene rings is 2. The first kappa shape index (κ1) is 21.6. The summed E-state index contributed by atoms with van der Waals surface area (Å²) in [6.07, 6.45) is 0.233. The topological polar surface area (TPSA) is 64.1 Å². The molecule has 0 saturated carbocycles. The van der Waals surface area contributed by atoms with Crippen LogP contribution in [0.25, 0.3) is 0 Å². The molecule has 0 unspecified atom stereocenters. The first-order chi connectivity index (χ1) is 13.5. The summed E-state index contributed by atoms with van der Waals surface area (Å²) in [7, 11) is 3.38. The average molecular weight is 386 g/mol. The molecule has 0 aliphatic rings. The van der Waals surface area contributed by atoms with Crippen LogP contribution in [0.5, 0.6) is 11.5 Å². The van der Waals surface area contributed by atoms with E-state index >= 15 is 0 Å². The Kier molecular flexibility index (Phi) is 8.62. The Morgan fingerprint density at radius 2 is 1.75 bits per heavy atom. The summed E-state index contributed by atoms with van der Waals surface area (Å²) < 4.78 is 16.6. The highest BCUT2D eigenvalue weighted by atomic mass is 16.5. The summed E-state index contributed by atoms with van der Waals surface area (Å²) in [5.74, 6) is 2.08. The quantitative estimate of drug-likeness (QED) is 0.500. The van der Waals surface area contributed by atoms with Crippen molar-refractivity contribution in [2.75, 3.05) is 26.1 Å². The lowest BCUT2D eigenvalue weighted by Gasteiger charge is -2.15. The first-order valence-corrected chi connectivity index (χ1v) is 9.53. The maximum Gasteiger partial charge on any atom is 0.195 e. The lowest BCUT2D eigenvalue weighted by molar-refractivity contribution is 0.0657. The number of nitrogens with one attached hydrogen (secondary N) is 2. The number of ether oxygens (including phenoxy) is 3. The van der Waals surface area contributed by atoms with E-state index < -0.39 is 0 Å². The largest absolute Gasteiger partial charge is 0.493 e. The molecular weight excluding hydrogens is 354 g/mol. The van der Waals surface area contributed by atoms with Crippen LogP contribution >= 0.6 is 0 Å². The van der Waals surface area contributed by atoms with E-state index in [1.165, 1.54) is 11.1 Å². The third-order valence-electron chi connectivity index (χ3n) is 4.02. The molecule has 0 radical (unpaired) electrons. The van der Waals surface area contributed by atoms with Gasteiger partial charge in [-0.05, 0) is 44.0 Å². The summed E-state index contributed by atoms with van der Waals surface area (Å²) in [6, 6.07) is 14.1. The van der Waals surface area contributed by atoms with Crippen molar-refractivity contribution in [3.05, 3.63) is 53.6 Å². The van der Waals surface area contributed by atoms with Gasteiger partial charge in [-0.3, -0.25) is 4.99 Å². The monoisotopic (exact) mass is 385 g/mol. The summed E-state index contributed by atoms with van der Waals surface area (Å²) in [5, 5.41) is 6.60. The fraction of sp³-hybridized carbons (Fsp3) is 0.409. The second-order valence-corrected chi connectivity index (χ2v) is 6.53. The molecule has 2 aromatic rings. The number of guanidine groups is 1. The zero-order chi connectivity index (χ0) is 20.4. The normalized spacial score (nSPS) is 11.4. The van der Waals surface area contributed by atoms with Gasteiger partial charge in [0.05, 0.1) is 26.4 Å². The molecule has 0 aliphatic heterocycles. The molecule has 0 bridgehead atoms. The second kappa shape index (κ2) is 11.2. The van der Waals surface area contributed by atoms with E-state index in [1.54, 1.807) is 14.2 Å². The highest BCUT2D eigenvalue weighted by molar-refractivity contribution is 5.93. The maximum atomic E-state index is 5.63. The number of nitrogens with zero attached hydrogens (tertiary/aromatic N) is 1. The van der Waals surface area contributed by atoms with Gasteiger partial charge in [-0.2, -0.15) is 0 Å². The second-order valence-electron chi connectivity index (χ2n) is 6.53. The molecule has 0 aliphatic carbocycles. The van der Waals surface area contributed by atoms with Gasteiger partial charge in [-0.15, -0.1) is 0 Å². The molecule has 2 aromatic carbocycles. The van der Waals surface area contributed by atoms with Crippen LogP contribution in [0.3, 0.4) is 0 Å². The van der Waals surface area contributed by atoms with E-state index in [2.05, 4.69) is 39.9 Å². The number of aliphatic imine (C=N–C) groups is 1. The van der Waals surface area contributed by atoms with Crippen LogP contribution in [0.1, 0.15) is 31.9 Å². The lowest BCUT2D eigenvalue weighted by Crippen LogP contribution is -2.30. The van der Waals surface area contributed by atoms with E-state index in [1.807, 2.05) is 39.0 Å². The van der Waals surface area contributed by atoms with Crippen molar-refractivity contribution < 1.29 is 14.2 Å². The molecule has 2 N–H and O–H groups in total. The number of methoxy groups -OCH3 is 1. The fourth-order valence-electron chi connectivity index (χ4n) is 2.54. The predicted octanol–water partition coefficient (Wildman–Crippen LogP) is 4.21. The van der Waals surface area contributed by atoms with E-state index in [9.17, 15) is 0 Å². The Labute approximate surface area is 167 Å². The summed E-state index contributed by atoms with van der Waals surface area (Å²) in [4.78, 5) is 4.29. The minimum atomic E-state index is 0.233. The van der Waals surface area contributed by atoms with E-state index in [0.717, 1.165) is 5.69 Å². The van der Waals surface area contributed by atoms with Crippen molar-refractivity contribution in [1.29, 1.82) is 0 Å². The van der Waals surface area contributed by atoms with Crippen molar-refractivity contribution in [1.82, 2.24) is 5.32 Å². The smallest absolute Gasteiger partial charge is 0.195 e. The number of hydrogen-bond donors (Lipinski definition) is 2. The molecule has 0 fully saturated rings. The Hall–Kier alpha value is -2.73. The summed E-state index contributed by atoms with van der Waals surface area (Å²) >= 11 is 0. The summed E-state index contributed by atoms with van der Waals surface area (Å²) in [5.41, 5.74) is 3.21. The van der Waals surface area contributed by atoms with Crippen LogP contribution in [-0.4, -0.2) is 32.8 Å². The third-order valence-corrected chi connectivity index (χ3v) is 4.02. The van der Waals surface area contributed by atoms with Gasteiger partial charge in [0.1, 0.15) is 0 Å². The van der Waals surface area contributed by atoms with Gasteiger partial charge >= 0.3 is 0 Å². The average Bonchev–Trinajstić information content (AvgIpc) is 2.70. The van der Waals surface area contributed by atoms with Crippen LogP contribution < -0.4 is 20.1 Å². The molecule has 0 heterocycles. The molecule has 0 amide bonds. The van der Waals surface area contributed by atoms with Gasteiger partial charge in [0.25, 0.3) is 0 Å². The van der Waals surface area contributed by atoms with Crippen molar-refractivity contribution >= 4 is 11.6 Å². The molecule has 0 saturated heterocycles. The van der Waals surface area contributed by atoms with Gasteiger partial charge in [-0.1, -0.05) is 24.3 Å². The molecule has 0 spiro atoms.